The van der Waals surface area contributed by atoms with E-state index in [0.717, 1.165) is 4.90 Å². The molecule has 4 atom stereocenters. The van der Waals surface area contributed by atoms with Crippen LogP contribution in [0, 0.1) is 5.92 Å². The van der Waals surface area contributed by atoms with Crippen LogP contribution in [0.4, 0.5) is 0 Å². The minimum Gasteiger partial charge on any atom is -0.481 e. The van der Waals surface area contributed by atoms with Gasteiger partial charge in [0.25, 0.3) is 0 Å². The molecule has 12 heteroatoms. The van der Waals surface area contributed by atoms with E-state index < -0.39 is 66.9 Å². The number of hydrogen-bond donors (Lipinski definition) is 6. The molecule has 0 bridgehead atoms. The van der Waals surface area contributed by atoms with Gasteiger partial charge in [-0.1, -0.05) is 13.8 Å². The van der Waals surface area contributed by atoms with Crippen LogP contribution in [-0.2, 0) is 24.0 Å². The third kappa shape index (κ3) is 8.13. The number of aliphatic hydroxyl groups is 1. The van der Waals surface area contributed by atoms with E-state index in [-0.39, 0.29) is 25.3 Å². The molecule has 1 saturated heterocycles. The third-order valence-corrected chi connectivity index (χ3v) is 4.96. The molecule has 1 aliphatic heterocycles. The van der Waals surface area contributed by atoms with Crippen LogP contribution >= 0.6 is 0 Å². The summed E-state index contributed by atoms with van der Waals surface area (Å²) in [5.41, 5.74) is 5.81. The van der Waals surface area contributed by atoms with Crippen LogP contribution in [0.5, 0.6) is 0 Å². The number of likely N-dealkylation sites (tertiary alicyclic amines) is 1. The number of nitrogens with zero attached hydrogens (tertiary/aromatic N) is 1. The number of carbonyl (C=O) groups is 5. The number of carboxylic acid groups (broad SMARTS) is 2. The molecule has 0 spiro atoms. The molecule has 0 aromatic carbocycles. The lowest BCUT2D eigenvalue weighted by Gasteiger charge is -2.28. The lowest BCUT2D eigenvalue weighted by atomic mass is 10.0. The Morgan fingerprint density at radius 3 is 2.19 bits per heavy atom. The summed E-state index contributed by atoms with van der Waals surface area (Å²) >= 11 is 0. The lowest BCUT2D eigenvalue weighted by molar-refractivity contribution is -0.150. The van der Waals surface area contributed by atoms with Crippen molar-refractivity contribution >= 4 is 29.7 Å². The van der Waals surface area contributed by atoms with E-state index in [0.29, 0.717) is 12.8 Å². The Hall–Kier alpha value is -2.73. The van der Waals surface area contributed by atoms with Crippen LogP contribution < -0.4 is 16.4 Å². The van der Waals surface area contributed by atoms with E-state index in [1.807, 2.05) is 13.8 Å². The van der Waals surface area contributed by atoms with E-state index in [1.54, 1.807) is 0 Å². The zero-order valence-corrected chi connectivity index (χ0v) is 17.7. The highest BCUT2D eigenvalue weighted by molar-refractivity contribution is 5.94. The second-order valence-electron chi connectivity index (χ2n) is 8.00. The van der Waals surface area contributed by atoms with Crippen molar-refractivity contribution in [2.75, 3.05) is 13.2 Å². The van der Waals surface area contributed by atoms with Gasteiger partial charge in [0.1, 0.15) is 18.1 Å². The largest absolute Gasteiger partial charge is 0.481 e. The van der Waals surface area contributed by atoms with E-state index in [2.05, 4.69) is 10.6 Å². The minimum absolute atomic E-state index is 0.117. The van der Waals surface area contributed by atoms with Gasteiger partial charge >= 0.3 is 11.9 Å². The molecule has 4 unspecified atom stereocenters. The van der Waals surface area contributed by atoms with E-state index in [9.17, 15) is 34.2 Å². The Bertz CT molecular complexity index is 684. The zero-order chi connectivity index (χ0) is 23.7. The molecular formula is C19H32N4O8. The standard InChI is InChI=1S/C19H32N4O8/c1-10(2)8-11(20)16(27)21-12(5-6-15(25)26)17(28)22-13(9-24)18(29)23-7-3-4-14(23)19(30)31/h10-14,24H,3-9,20H2,1-2H3,(H,21,27)(H,22,28)(H,25,26)(H,30,31). The molecule has 0 radical (unpaired) electrons. The van der Waals surface area contributed by atoms with Gasteiger partial charge in [-0.3, -0.25) is 19.2 Å². The molecular weight excluding hydrogens is 412 g/mol. The summed E-state index contributed by atoms with van der Waals surface area (Å²) in [4.78, 5) is 60.9. The van der Waals surface area contributed by atoms with Crippen molar-refractivity contribution in [2.24, 2.45) is 11.7 Å². The summed E-state index contributed by atoms with van der Waals surface area (Å²) in [6.45, 7) is 3.11. The number of rotatable bonds is 12. The van der Waals surface area contributed by atoms with E-state index >= 15 is 0 Å². The van der Waals surface area contributed by atoms with Gasteiger partial charge in [-0.25, -0.2) is 4.79 Å². The smallest absolute Gasteiger partial charge is 0.326 e. The number of hydrogen-bond acceptors (Lipinski definition) is 7. The van der Waals surface area contributed by atoms with Crippen LogP contribution in [0.2, 0.25) is 0 Å². The van der Waals surface area contributed by atoms with Gasteiger partial charge in [-0.2, -0.15) is 0 Å². The topological polar surface area (TPSA) is 199 Å². The number of nitrogens with two attached hydrogens (primary N) is 1. The number of carbonyl (C=O) groups excluding carboxylic acids is 3. The van der Waals surface area contributed by atoms with Gasteiger partial charge in [0, 0.05) is 13.0 Å². The molecule has 1 rings (SSSR count). The van der Waals surface area contributed by atoms with Crippen molar-refractivity contribution in [3.05, 3.63) is 0 Å². The zero-order valence-electron chi connectivity index (χ0n) is 17.7. The fourth-order valence-electron chi connectivity index (χ4n) is 3.38. The molecule has 0 aromatic heterocycles. The maximum Gasteiger partial charge on any atom is 0.326 e. The van der Waals surface area contributed by atoms with E-state index in [4.69, 9.17) is 10.8 Å². The SMILES string of the molecule is CC(C)CC(N)C(=O)NC(CCC(=O)O)C(=O)NC(CO)C(=O)N1CCCC1C(=O)O. The summed E-state index contributed by atoms with van der Waals surface area (Å²) in [6.07, 6.45) is 0.401. The van der Waals surface area contributed by atoms with Gasteiger partial charge in [0.15, 0.2) is 0 Å². The Kier molecular flexibility index (Phi) is 10.4. The predicted octanol–water partition coefficient (Wildman–Crippen LogP) is -1.74. The molecule has 1 aliphatic rings. The molecule has 3 amide bonds. The van der Waals surface area contributed by atoms with Crippen molar-refractivity contribution in [1.82, 2.24) is 15.5 Å². The first kappa shape index (κ1) is 26.3. The fourth-order valence-corrected chi connectivity index (χ4v) is 3.38. The highest BCUT2D eigenvalue weighted by Crippen LogP contribution is 2.18. The average molecular weight is 444 g/mol. The minimum atomic E-state index is -1.43. The first-order valence-electron chi connectivity index (χ1n) is 10.2. The molecule has 1 heterocycles. The summed E-state index contributed by atoms with van der Waals surface area (Å²) in [5.74, 6) is -4.53. The Morgan fingerprint density at radius 2 is 1.68 bits per heavy atom. The highest BCUT2D eigenvalue weighted by Gasteiger charge is 2.38. The lowest BCUT2D eigenvalue weighted by Crippen LogP contribution is -2.58. The number of aliphatic carboxylic acids is 2. The Labute approximate surface area is 180 Å². The van der Waals surface area contributed by atoms with Gasteiger partial charge < -0.3 is 36.6 Å². The molecule has 7 N–H and O–H groups in total. The number of amides is 3. The highest BCUT2D eigenvalue weighted by atomic mass is 16.4. The van der Waals surface area contributed by atoms with Crippen molar-refractivity contribution in [1.29, 1.82) is 0 Å². The third-order valence-electron chi connectivity index (χ3n) is 4.96. The molecule has 176 valence electrons. The molecule has 0 saturated carbocycles. The van der Waals surface area contributed by atoms with Crippen LogP contribution in [-0.4, -0.2) is 87.2 Å². The Balaban J connectivity index is 2.88. The van der Waals surface area contributed by atoms with Crippen molar-refractivity contribution in [3.63, 3.8) is 0 Å². The molecule has 1 fully saturated rings. The molecule has 0 aromatic rings. The van der Waals surface area contributed by atoms with Crippen LogP contribution in [0.25, 0.3) is 0 Å². The van der Waals surface area contributed by atoms with Crippen LogP contribution in [0.3, 0.4) is 0 Å². The first-order chi connectivity index (χ1) is 14.5. The number of carboxylic acids is 2. The molecule has 12 nitrogen and oxygen atoms in total. The maximum absolute atomic E-state index is 12.7. The van der Waals surface area contributed by atoms with Gasteiger partial charge in [0.05, 0.1) is 12.6 Å². The normalized spacial score (nSPS) is 18.9. The van der Waals surface area contributed by atoms with Gasteiger partial charge in [0.2, 0.25) is 17.7 Å². The number of nitrogens with one attached hydrogen (secondary N) is 2. The molecule has 0 aliphatic carbocycles. The van der Waals surface area contributed by atoms with Crippen LogP contribution in [0.15, 0.2) is 0 Å². The monoisotopic (exact) mass is 444 g/mol. The summed E-state index contributed by atoms with van der Waals surface area (Å²) in [7, 11) is 0. The Morgan fingerprint density at radius 1 is 1.06 bits per heavy atom. The van der Waals surface area contributed by atoms with Crippen molar-refractivity contribution in [2.45, 2.75) is 70.1 Å². The average Bonchev–Trinajstić information content (AvgIpc) is 3.17. The van der Waals surface area contributed by atoms with Crippen molar-refractivity contribution < 1.29 is 39.3 Å². The first-order valence-corrected chi connectivity index (χ1v) is 10.2. The molecule has 31 heavy (non-hydrogen) atoms. The quantitative estimate of drug-likeness (QED) is 0.202. The van der Waals surface area contributed by atoms with E-state index in [1.165, 1.54) is 0 Å². The van der Waals surface area contributed by atoms with Crippen molar-refractivity contribution in [3.8, 4) is 0 Å². The second-order valence-corrected chi connectivity index (χ2v) is 8.00. The van der Waals surface area contributed by atoms with Gasteiger partial charge in [-0.15, -0.1) is 0 Å². The summed E-state index contributed by atoms with van der Waals surface area (Å²) in [5, 5.41) is 32.4. The fraction of sp³-hybridized carbons (Fsp3) is 0.737. The van der Waals surface area contributed by atoms with Crippen LogP contribution in [0.1, 0.15) is 46.0 Å². The summed E-state index contributed by atoms with van der Waals surface area (Å²) < 4.78 is 0. The van der Waals surface area contributed by atoms with Gasteiger partial charge in [-0.05, 0) is 31.6 Å². The number of aliphatic hydroxyl groups excluding tert-OH is 1. The summed E-state index contributed by atoms with van der Waals surface area (Å²) in [6, 6.07) is -4.68. The maximum atomic E-state index is 12.7. The predicted molar refractivity (Wildman–Crippen MR) is 108 cm³/mol. The second kappa shape index (κ2) is 12.2.